The summed E-state index contributed by atoms with van der Waals surface area (Å²) >= 11 is 0. The van der Waals surface area contributed by atoms with Gasteiger partial charge in [-0.15, -0.1) is 0 Å². The van der Waals surface area contributed by atoms with E-state index >= 15 is 0 Å². The molecule has 0 unspecified atom stereocenters. The normalized spacial score (nSPS) is 10.6. The Morgan fingerprint density at radius 3 is 2.30 bits per heavy atom. The molecule has 0 aliphatic rings. The Bertz CT molecular complexity index is 470. The Morgan fingerprint density at radius 2 is 1.75 bits per heavy atom. The number of carboxylic acid groups (broad SMARTS) is 1. The zero-order valence-corrected chi connectivity index (χ0v) is 12.3. The van der Waals surface area contributed by atoms with Gasteiger partial charge in [0.05, 0.1) is 12.1 Å². The first kappa shape index (κ1) is 16.2. The molecule has 1 rings (SSSR count). The number of hydrogen-bond donors (Lipinski definition) is 1. The zero-order valence-electron chi connectivity index (χ0n) is 12.3. The van der Waals surface area contributed by atoms with Gasteiger partial charge in [-0.05, 0) is 32.5 Å². The van der Waals surface area contributed by atoms with E-state index in [1.807, 2.05) is 31.9 Å². The topological polar surface area (TPSA) is 60.9 Å². The van der Waals surface area contributed by atoms with Crippen molar-refractivity contribution in [2.24, 2.45) is 0 Å². The number of amides is 1. The van der Waals surface area contributed by atoms with E-state index in [1.54, 1.807) is 23.1 Å². The SMILES string of the molecule is CCN(CC)C(=O)CN(C)Cc1ccccc1C(=O)O. The summed E-state index contributed by atoms with van der Waals surface area (Å²) in [5.41, 5.74) is 1.00. The van der Waals surface area contributed by atoms with Crippen LogP contribution in [0, 0.1) is 0 Å². The van der Waals surface area contributed by atoms with E-state index in [0.29, 0.717) is 19.6 Å². The van der Waals surface area contributed by atoms with Gasteiger partial charge in [0, 0.05) is 19.6 Å². The molecule has 110 valence electrons. The molecule has 1 N–H and O–H groups in total. The van der Waals surface area contributed by atoms with Crippen molar-refractivity contribution in [1.82, 2.24) is 9.80 Å². The molecule has 0 saturated carbocycles. The van der Waals surface area contributed by atoms with Crippen LogP contribution in [0.1, 0.15) is 29.8 Å². The fraction of sp³-hybridized carbons (Fsp3) is 0.467. The predicted molar refractivity (Wildman–Crippen MR) is 77.7 cm³/mol. The maximum atomic E-state index is 12.0. The molecule has 0 spiro atoms. The first-order chi connectivity index (χ1) is 9.49. The maximum Gasteiger partial charge on any atom is 0.336 e. The van der Waals surface area contributed by atoms with Gasteiger partial charge in [0.2, 0.25) is 5.91 Å². The molecule has 1 aromatic carbocycles. The second-order valence-electron chi connectivity index (χ2n) is 4.70. The number of carboxylic acids is 1. The van der Waals surface area contributed by atoms with Crippen LogP contribution in [0.5, 0.6) is 0 Å². The molecule has 5 heteroatoms. The molecule has 20 heavy (non-hydrogen) atoms. The second kappa shape index (κ2) is 7.65. The minimum absolute atomic E-state index is 0.0605. The molecule has 0 atom stereocenters. The Kier molecular flexibility index (Phi) is 6.18. The van der Waals surface area contributed by atoms with Crippen LogP contribution < -0.4 is 0 Å². The molecule has 1 amide bonds. The highest BCUT2D eigenvalue weighted by atomic mass is 16.4. The van der Waals surface area contributed by atoms with Gasteiger partial charge < -0.3 is 10.0 Å². The summed E-state index contributed by atoms with van der Waals surface area (Å²) in [7, 11) is 1.82. The lowest BCUT2D eigenvalue weighted by molar-refractivity contribution is -0.131. The summed E-state index contributed by atoms with van der Waals surface area (Å²) < 4.78 is 0. The molecule has 0 saturated heterocycles. The van der Waals surface area contributed by atoms with Gasteiger partial charge in [-0.1, -0.05) is 18.2 Å². The lowest BCUT2D eigenvalue weighted by Gasteiger charge is -2.23. The van der Waals surface area contributed by atoms with Crippen molar-refractivity contribution in [1.29, 1.82) is 0 Å². The summed E-state index contributed by atoms with van der Waals surface area (Å²) in [5, 5.41) is 9.13. The number of hydrogen-bond acceptors (Lipinski definition) is 3. The van der Waals surface area contributed by atoms with Gasteiger partial charge in [0.15, 0.2) is 0 Å². The fourth-order valence-electron chi connectivity index (χ4n) is 2.12. The smallest absolute Gasteiger partial charge is 0.336 e. The van der Waals surface area contributed by atoms with Crippen molar-refractivity contribution in [3.8, 4) is 0 Å². The van der Waals surface area contributed by atoms with Crippen LogP contribution in [0.15, 0.2) is 24.3 Å². The van der Waals surface area contributed by atoms with Gasteiger partial charge in [-0.3, -0.25) is 9.69 Å². The van der Waals surface area contributed by atoms with E-state index in [1.165, 1.54) is 0 Å². The second-order valence-corrected chi connectivity index (χ2v) is 4.70. The Labute approximate surface area is 119 Å². The van der Waals surface area contributed by atoms with Crippen molar-refractivity contribution in [2.75, 3.05) is 26.7 Å². The molecular weight excluding hydrogens is 256 g/mol. The van der Waals surface area contributed by atoms with Gasteiger partial charge >= 0.3 is 5.97 Å². The van der Waals surface area contributed by atoms with Gasteiger partial charge in [0.25, 0.3) is 0 Å². The van der Waals surface area contributed by atoms with Crippen LogP contribution in [-0.2, 0) is 11.3 Å². The predicted octanol–water partition coefficient (Wildman–Crippen LogP) is 1.68. The maximum absolute atomic E-state index is 12.0. The molecule has 0 bridgehead atoms. The van der Waals surface area contributed by atoms with E-state index < -0.39 is 5.97 Å². The summed E-state index contributed by atoms with van der Waals surface area (Å²) in [4.78, 5) is 26.7. The quantitative estimate of drug-likeness (QED) is 0.824. The lowest BCUT2D eigenvalue weighted by Crippen LogP contribution is -2.38. The molecule has 0 fully saturated rings. The molecule has 0 aliphatic carbocycles. The number of carbonyl (C=O) groups excluding carboxylic acids is 1. The van der Waals surface area contributed by atoms with Crippen molar-refractivity contribution >= 4 is 11.9 Å². The molecule has 0 aromatic heterocycles. The third-order valence-electron chi connectivity index (χ3n) is 3.21. The molecule has 0 radical (unpaired) electrons. The Balaban J connectivity index is 2.69. The molecule has 5 nitrogen and oxygen atoms in total. The van der Waals surface area contributed by atoms with Crippen LogP contribution in [0.3, 0.4) is 0 Å². The van der Waals surface area contributed by atoms with E-state index in [2.05, 4.69) is 0 Å². The first-order valence-corrected chi connectivity index (χ1v) is 6.77. The zero-order chi connectivity index (χ0) is 15.1. The number of carbonyl (C=O) groups is 2. The average molecular weight is 278 g/mol. The Morgan fingerprint density at radius 1 is 1.15 bits per heavy atom. The molecular formula is C15H22N2O3. The van der Waals surface area contributed by atoms with Crippen LogP contribution in [0.25, 0.3) is 0 Å². The standard InChI is InChI=1S/C15H22N2O3/c1-4-17(5-2)14(18)11-16(3)10-12-8-6-7-9-13(12)15(19)20/h6-9H,4-5,10-11H2,1-3H3,(H,19,20). The van der Waals surface area contributed by atoms with Crippen LogP contribution in [0.4, 0.5) is 0 Å². The van der Waals surface area contributed by atoms with Crippen LogP contribution in [0.2, 0.25) is 0 Å². The average Bonchev–Trinajstić information content (AvgIpc) is 2.40. The van der Waals surface area contributed by atoms with Crippen molar-refractivity contribution in [3.05, 3.63) is 35.4 Å². The summed E-state index contributed by atoms with van der Waals surface area (Å²) in [6, 6.07) is 6.87. The highest BCUT2D eigenvalue weighted by Crippen LogP contribution is 2.11. The van der Waals surface area contributed by atoms with Crippen LogP contribution in [-0.4, -0.2) is 53.5 Å². The molecule has 0 aliphatic heterocycles. The van der Waals surface area contributed by atoms with Gasteiger partial charge in [-0.25, -0.2) is 4.79 Å². The fourth-order valence-corrected chi connectivity index (χ4v) is 2.12. The van der Waals surface area contributed by atoms with E-state index in [-0.39, 0.29) is 18.0 Å². The Hall–Kier alpha value is -1.88. The largest absolute Gasteiger partial charge is 0.478 e. The number of aromatic carboxylic acids is 1. The van der Waals surface area contributed by atoms with E-state index in [4.69, 9.17) is 5.11 Å². The van der Waals surface area contributed by atoms with Crippen molar-refractivity contribution in [2.45, 2.75) is 20.4 Å². The first-order valence-electron chi connectivity index (χ1n) is 6.77. The number of benzene rings is 1. The molecule has 1 aromatic rings. The van der Waals surface area contributed by atoms with E-state index in [0.717, 1.165) is 5.56 Å². The summed E-state index contributed by atoms with van der Waals surface area (Å²) in [6.45, 7) is 6.00. The van der Waals surface area contributed by atoms with Gasteiger partial charge in [-0.2, -0.15) is 0 Å². The highest BCUT2D eigenvalue weighted by Gasteiger charge is 2.15. The van der Waals surface area contributed by atoms with Crippen molar-refractivity contribution < 1.29 is 14.7 Å². The third kappa shape index (κ3) is 4.35. The number of rotatable bonds is 7. The van der Waals surface area contributed by atoms with Crippen molar-refractivity contribution in [3.63, 3.8) is 0 Å². The molecule has 0 heterocycles. The lowest BCUT2D eigenvalue weighted by atomic mass is 10.1. The van der Waals surface area contributed by atoms with Crippen LogP contribution >= 0.6 is 0 Å². The highest BCUT2D eigenvalue weighted by molar-refractivity contribution is 5.89. The monoisotopic (exact) mass is 278 g/mol. The minimum atomic E-state index is -0.941. The van der Waals surface area contributed by atoms with Gasteiger partial charge in [0.1, 0.15) is 0 Å². The number of likely N-dealkylation sites (N-methyl/N-ethyl adjacent to an activating group) is 2. The number of nitrogens with zero attached hydrogens (tertiary/aromatic N) is 2. The third-order valence-corrected chi connectivity index (χ3v) is 3.21. The summed E-state index contributed by atoms with van der Waals surface area (Å²) in [6.07, 6.45) is 0. The minimum Gasteiger partial charge on any atom is -0.478 e. The summed E-state index contributed by atoms with van der Waals surface area (Å²) in [5.74, 6) is -0.880. The van der Waals surface area contributed by atoms with E-state index in [9.17, 15) is 9.59 Å².